The quantitative estimate of drug-likeness (QED) is 0.568. The normalized spacial score (nSPS) is 13.7. The van der Waals surface area contributed by atoms with Crippen LogP contribution in [0.3, 0.4) is 0 Å². The molecule has 0 amide bonds. The van der Waals surface area contributed by atoms with Gasteiger partial charge in [-0.1, -0.05) is 31.0 Å². The van der Waals surface area contributed by atoms with Gasteiger partial charge in [-0.3, -0.25) is 4.55 Å². The molecule has 0 fully saturated rings. The van der Waals surface area contributed by atoms with Gasteiger partial charge >= 0.3 is 0 Å². The van der Waals surface area contributed by atoms with E-state index in [0.29, 0.717) is 5.56 Å². The molecular weight excluding hydrogens is 278 g/mol. The van der Waals surface area contributed by atoms with Crippen molar-refractivity contribution in [3.05, 3.63) is 29.8 Å². The zero-order valence-corrected chi connectivity index (χ0v) is 12.8. The third-order valence-corrected chi connectivity index (χ3v) is 4.24. The van der Waals surface area contributed by atoms with Gasteiger partial charge in [-0.25, -0.2) is 0 Å². The van der Waals surface area contributed by atoms with Crippen molar-refractivity contribution in [1.82, 2.24) is 4.90 Å². The van der Waals surface area contributed by atoms with E-state index in [1.807, 2.05) is 19.0 Å². The Hall–Kier alpha value is -0.950. The molecule has 2 N–H and O–H groups in total. The van der Waals surface area contributed by atoms with Crippen LogP contribution in [0.25, 0.3) is 0 Å². The standard InChI is InChI=1S/C14H23NO4S/c1-15(2)13(9-4-3-7-11-16)12-8-5-6-10-14(12)20(17,18)19/h5-6,8,10,13,16H,3-4,7,9,11H2,1-2H3,(H,17,18,19). The minimum absolute atomic E-state index is 0.0270. The van der Waals surface area contributed by atoms with Crippen LogP contribution in [0, 0.1) is 0 Å². The number of nitrogens with zero attached hydrogens (tertiary/aromatic N) is 1. The van der Waals surface area contributed by atoms with Gasteiger partial charge in [-0.05, 0) is 38.6 Å². The minimum Gasteiger partial charge on any atom is -0.396 e. The van der Waals surface area contributed by atoms with Gasteiger partial charge in [0.05, 0.1) is 4.90 Å². The van der Waals surface area contributed by atoms with Crippen molar-refractivity contribution in [2.24, 2.45) is 0 Å². The first-order valence-corrected chi connectivity index (χ1v) is 8.15. The Morgan fingerprint density at radius 3 is 2.35 bits per heavy atom. The minimum atomic E-state index is -4.21. The Bertz CT molecular complexity index is 514. The molecule has 0 radical (unpaired) electrons. The number of benzene rings is 1. The van der Waals surface area contributed by atoms with Crippen molar-refractivity contribution in [1.29, 1.82) is 0 Å². The smallest absolute Gasteiger partial charge is 0.294 e. The van der Waals surface area contributed by atoms with Crippen molar-refractivity contribution >= 4 is 10.1 Å². The predicted octanol–water partition coefficient (Wildman–Crippen LogP) is 2.09. The van der Waals surface area contributed by atoms with Gasteiger partial charge in [0.1, 0.15) is 0 Å². The molecular formula is C14H23NO4S. The van der Waals surface area contributed by atoms with Gasteiger partial charge in [-0.2, -0.15) is 8.42 Å². The van der Waals surface area contributed by atoms with Gasteiger partial charge in [0.15, 0.2) is 0 Å². The number of rotatable bonds is 8. The third kappa shape index (κ3) is 4.86. The maximum absolute atomic E-state index is 11.5. The molecule has 0 aliphatic rings. The summed E-state index contributed by atoms with van der Waals surface area (Å²) >= 11 is 0. The van der Waals surface area contributed by atoms with Gasteiger partial charge < -0.3 is 10.0 Å². The highest BCUT2D eigenvalue weighted by molar-refractivity contribution is 7.85. The summed E-state index contributed by atoms with van der Waals surface area (Å²) < 4.78 is 32.3. The van der Waals surface area contributed by atoms with E-state index in [9.17, 15) is 13.0 Å². The Balaban J connectivity index is 2.98. The number of hydrogen-bond donors (Lipinski definition) is 2. The average molecular weight is 301 g/mol. The van der Waals surface area contributed by atoms with Crippen molar-refractivity contribution in [2.75, 3.05) is 20.7 Å². The summed E-state index contributed by atoms with van der Waals surface area (Å²) in [6.07, 6.45) is 3.32. The summed E-state index contributed by atoms with van der Waals surface area (Å²) in [6.45, 7) is 0.175. The topological polar surface area (TPSA) is 77.8 Å². The second kappa shape index (κ2) is 7.73. The van der Waals surface area contributed by atoms with Crippen LogP contribution in [0.4, 0.5) is 0 Å². The van der Waals surface area contributed by atoms with Crippen molar-refractivity contribution in [3.63, 3.8) is 0 Å². The molecule has 20 heavy (non-hydrogen) atoms. The Morgan fingerprint density at radius 2 is 1.80 bits per heavy atom. The lowest BCUT2D eigenvalue weighted by molar-refractivity contribution is 0.258. The fourth-order valence-corrected chi connectivity index (χ4v) is 3.06. The lowest BCUT2D eigenvalue weighted by atomic mass is 9.99. The number of unbranched alkanes of at least 4 members (excludes halogenated alkanes) is 2. The largest absolute Gasteiger partial charge is 0.396 e. The van der Waals surface area contributed by atoms with Gasteiger partial charge in [-0.15, -0.1) is 0 Å². The van der Waals surface area contributed by atoms with Crippen LogP contribution in [0.15, 0.2) is 29.2 Å². The molecule has 0 aliphatic heterocycles. The van der Waals surface area contributed by atoms with Crippen LogP contribution in [0.5, 0.6) is 0 Å². The molecule has 1 atom stereocenters. The molecule has 0 aliphatic carbocycles. The van der Waals surface area contributed by atoms with Crippen molar-refractivity contribution < 1.29 is 18.1 Å². The first kappa shape index (κ1) is 17.1. The molecule has 0 saturated heterocycles. The Morgan fingerprint density at radius 1 is 1.15 bits per heavy atom. The molecule has 6 heteroatoms. The highest BCUT2D eigenvalue weighted by Crippen LogP contribution is 2.29. The third-order valence-electron chi connectivity index (χ3n) is 3.31. The lowest BCUT2D eigenvalue weighted by Crippen LogP contribution is -2.22. The average Bonchev–Trinajstić information content (AvgIpc) is 2.37. The summed E-state index contributed by atoms with van der Waals surface area (Å²) in [5.74, 6) is 0. The van der Waals surface area contributed by atoms with E-state index in [2.05, 4.69) is 0 Å². The summed E-state index contributed by atoms with van der Waals surface area (Å²) in [7, 11) is -0.441. The van der Waals surface area contributed by atoms with E-state index >= 15 is 0 Å². The maximum atomic E-state index is 11.5. The molecule has 114 valence electrons. The van der Waals surface area contributed by atoms with E-state index in [4.69, 9.17) is 5.11 Å². The number of aliphatic hydroxyl groups excluding tert-OH is 1. The molecule has 0 aromatic heterocycles. The lowest BCUT2D eigenvalue weighted by Gasteiger charge is -2.26. The summed E-state index contributed by atoms with van der Waals surface area (Å²) in [4.78, 5) is 1.92. The molecule has 0 bridgehead atoms. The Kier molecular flexibility index (Phi) is 6.61. The zero-order chi connectivity index (χ0) is 15.2. The number of aliphatic hydroxyl groups is 1. The molecule has 0 spiro atoms. The van der Waals surface area contributed by atoms with Crippen LogP contribution < -0.4 is 0 Å². The van der Waals surface area contributed by atoms with Gasteiger partial charge in [0.2, 0.25) is 0 Å². The van der Waals surface area contributed by atoms with Crippen LogP contribution in [-0.4, -0.2) is 43.7 Å². The Labute approximate surface area is 121 Å². The first-order chi connectivity index (χ1) is 9.38. The van der Waals surface area contributed by atoms with Crippen LogP contribution in [-0.2, 0) is 10.1 Å². The predicted molar refractivity (Wildman–Crippen MR) is 78.2 cm³/mol. The first-order valence-electron chi connectivity index (χ1n) is 6.71. The number of hydrogen-bond acceptors (Lipinski definition) is 4. The fourth-order valence-electron chi connectivity index (χ4n) is 2.31. The van der Waals surface area contributed by atoms with Gasteiger partial charge in [0, 0.05) is 12.6 Å². The van der Waals surface area contributed by atoms with Gasteiger partial charge in [0.25, 0.3) is 10.1 Å². The fraction of sp³-hybridized carbons (Fsp3) is 0.571. The molecule has 1 unspecified atom stereocenters. The highest BCUT2D eigenvalue weighted by atomic mass is 32.2. The van der Waals surface area contributed by atoms with E-state index in [-0.39, 0.29) is 17.5 Å². The zero-order valence-electron chi connectivity index (χ0n) is 12.0. The molecule has 1 aromatic carbocycles. The molecule has 1 aromatic rings. The van der Waals surface area contributed by atoms with E-state index in [1.165, 1.54) is 6.07 Å². The van der Waals surface area contributed by atoms with E-state index in [0.717, 1.165) is 25.7 Å². The van der Waals surface area contributed by atoms with Crippen LogP contribution in [0.1, 0.15) is 37.3 Å². The highest BCUT2D eigenvalue weighted by Gasteiger charge is 2.22. The van der Waals surface area contributed by atoms with Crippen LogP contribution >= 0.6 is 0 Å². The van der Waals surface area contributed by atoms with Crippen molar-refractivity contribution in [2.45, 2.75) is 36.6 Å². The monoisotopic (exact) mass is 301 g/mol. The summed E-state index contributed by atoms with van der Waals surface area (Å²) in [6, 6.07) is 6.46. The second-order valence-corrected chi connectivity index (χ2v) is 6.46. The summed E-state index contributed by atoms with van der Waals surface area (Å²) in [5.41, 5.74) is 0.615. The molecule has 5 nitrogen and oxygen atoms in total. The molecule has 1 rings (SSSR count). The van der Waals surface area contributed by atoms with Crippen molar-refractivity contribution in [3.8, 4) is 0 Å². The SMILES string of the molecule is CN(C)C(CCCCCO)c1ccccc1S(=O)(=O)O. The molecule has 0 heterocycles. The van der Waals surface area contributed by atoms with E-state index in [1.54, 1.807) is 18.2 Å². The molecule has 0 saturated carbocycles. The van der Waals surface area contributed by atoms with Crippen LogP contribution in [0.2, 0.25) is 0 Å². The van der Waals surface area contributed by atoms with E-state index < -0.39 is 10.1 Å². The summed E-state index contributed by atoms with van der Waals surface area (Å²) in [5, 5.41) is 8.79. The maximum Gasteiger partial charge on any atom is 0.294 e. The second-order valence-electron chi connectivity index (χ2n) is 5.07.